The molecule has 3 heterocycles. The van der Waals surface area contributed by atoms with Gasteiger partial charge in [0.2, 0.25) is 23.6 Å². The van der Waals surface area contributed by atoms with Gasteiger partial charge in [-0.3, -0.25) is 24.1 Å². The van der Waals surface area contributed by atoms with E-state index in [-0.39, 0.29) is 60.9 Å². The number of nitrogens with zero attached hydrogens (tertiary/aromatic N) is 4. The number of fused-ring (bicyclic) bond motifs is 1. The summed E-state index contributed by atoms with van der Waals surface area (Å²) in [6.45, 7) is -2.57. The average Bonchev–Trinajstić information content (AvgIpc) is 2.95. The number of benzene rings is 1. The fourth-order valence-electron chi connectivity index (χ4n) is 6.73. The molecule has 3 aliphatic heterocycles. The van der Waals surface area contributed by atoms with Crippen molar-refractivity contribution in [2.75, 3.05) is 19.6 Å². The number of likely N-dealkylation sites (tertiary alicyclic amines) is 2. The summed E-state index contributed by atoms with van der Waals surface area (Å²) in [4.78, 5) is 54.4. The minimum atomic E-state index is -3.27. The normalized spacial score (nSPS) is 24.5. The molecule has 4 amide bonds. The summed E-state index contributed by atoms with van der Waals surface area (Å²) >= 11 is 0. The van der Waals surface area contributed by atoms with Crippen LogP contribution < -0.4 is 9.47 Å². The van der Waals surface area contributed by atoms with Crippen LogP contribution in [-0.4, -0.2) is 83.0 Å². The van der Waals surface area contributed by atoms with E-state index in [9.17, 15) is 36.7 Å². The average molecular weight is 625 g/mol. The van der Waals surface area contributed by atoms with E-state index in [0.29, 0.717) is 50.0 Å². The second kappa shape index (κ2) is 12.7. The largest absolute Gasteiger partial charge is 0.431 e. The van der Waals surface area contributed by atoms with Gasteiger partial charge in [0.1, 0.15) is 6.54 Å². The van der Waals surface area contributed by atoms with Gasteiger partial charge in [-0.15, -0.1) is 0 Å². The third kappa shape index (κ3) is 6.83. The quantitative estimate of drug-likeness (QED) is 0.313. The summed E-state index contributed by atoms with van der Waals surface area (Å²) in [5.41, 5.74) is 0.409. The lowest BCUT2D eigenvalue weighted by molar-refractivity contribution is -0.157. The van der Waals surface area contributed by atoms with Gasteiger partial charge in [-0.2, -0.15) is 22.7 Å². The van der Waals surface area contributed by atoms with Crippen molar-refractivity contribution < 1.29 is 46.2 Å². The molecule has 2 atom stereocenters. The third-order valence-electron chi connectivity index (χ3n) is 8.87. The van der Waals surface area contributed by atoms with Crippen molar-refractivity contribution >= 4 is 29.3 Å². The standard InChI is InChI=1S/C30H36F4N4O6/c1-30(2)14-23(39)37(24(40)15-30)16-25(41)36-11-9-18(10-12-36)38-27(42)20-6-4-3-5-19(20)26(35-38)17-7-8-21(43-28(31)32)22(13-17)44-29(33)34/h7-8,13,18-20,28-29H,3-6,9-12,14-16H2,1-2H3/t19-,20+/m0/s1. The molecule has 4 aliphatic rings. The van der Waals surface area contributed by atoms with Crippen molar-refractivity contribution in [3.05, 3.63) is 23.8 Å². The highest BCUT2D eigenvalue weighted by atomic mass is 19.3. The first-order valence-corrected chi connectivity index (χ1v) is 14.9. The molecule has 44 heavy (non-hydrogen) atoms. The highest BCUT2D eigenvalue weighted by Crippen LogP contribution is 2.41. The molecule has 1 saturated carbocycles. The zero-order chi connectivity index (χ0) is 31.8. The van der Waals surface area contributed by atoms with Crippen LogP contribution in [0.25, 0.3) is 0 Å². The van der Waals surface area contributed by atoms with E-state index in [1.165, 1.54) is 17.1 Å². The number of piperidine rings is 2. The number of rotatable bonds is 8. The second-order valence-corrected chi connectivity index (χ2v) is 12.6. The molecule has 5 rings (SSSR count). The summed E-state index contributed by atoms with van der Waals surface area (Å²) in [5.74, 6) is -2.98. The summed E-state index contributed by atoms with van der Waals surface area (Å²) in [5, 5.41) is 6.15. The highest BCUT2D eigenvalue weighted by molar-refractivity contribution is 6.07. The summed E-state index contributed by atoms with van der Waals surface area (Å²) in [6.07, 6.45) is 4.15. The number of amides is 4. The number of carbonyl (C=O) groups excluding carboxylic acids is 4. The molecule has 2 saturated heterocycles. The minimum absolute atomic E-state index is 0.142. The molecule has 0 aromatic heterocycles. The number of ether oxygens (including phenoxy) is 2. The number of hydrogen-bond acceptors (Lipinski definition) is 7. The smallest absolute Gasteiger partial charge is 0.387 e. The number of hydrogen-bond donors (Lipinski definition) is 0. The Kier molecular flexibility index (Phi) is 9.17. The van der Waals surface area contributed by atoms with Crippen molar-refractivity contribution in [3.8, 4) is 11.5 Å². The minimum Gasteiger partial charge on any atom is -0.431 e. The maximum Gasteiger partial charge on any atom is 0.387 e. The Morgan fingerprint density at radius 1 is 0.909 bits per heavy atom. The molecular weight excluding hydrogens is 588 g/mol. The first kappa shape index (κ1) is 31.7. The lowest BCUT2D eigenvalue weighted by atomic mass is 9.73. The topological polar surface area (TPSA) is 109 Å². The van der Waals surface area contributed by atoms with E-state index in [4.69, 9.17) is 5.10 Å². The molecule has 14 heteroatoms. The molecular formula is C30H36F4N4O6. The summed E-state index contributed by atoms with van der Waals surface area (Å²) in [6, 6.07) is 3.42. The molecule has 0 radical (unpaired) electrons. The van der Waals surface area contributed by atoms with E-state index < -0.39 is 30.1 Å². The van der Waals surface area contributed by atoms with E-state index >= 15 is 0 Å². The number of alkyl halides is 4. The Bertz CT molecular complexity index is 1310. The Labute approximate surface area is 252 Å². The van der Waals surface area contributed by atoms with Crippen molar-refractivity contribution in [2.45, 2.75) is 84.5 Å². The lowest BCUT2D eigenvalue weighted by Gasteiger charge is -2.43. The zero-order valence-corrected chi connectivity index (χ0v) is 24.6. The van der Waals surface area contributed by atoms with Gasteiger partial charge in [-0.25, -0.2) is 5.01 Å². The van der Waals surface area contributed by atoms with Gasteiger partial charge in [0, 0.05) is 43.3 Å². The van der Waals surface area contributed by atoms with E-state index in [0.717, 1.165) is 23.8 Å². The lowest BCUT2D eigenvalue weighted by Crippen LogP contribution is -2.55. The molecule has 1 aliphatic carbocycles. The summed E-state index contributed by atoms with van der Waals surface area (Å²) in [7, 11) is 0. The maximum atomic E-state index is 13.7. The van der Waals surface area contributed by atoms with Crippen molar-refractivity contribution in [1.29, 1.82) is 0 Å². The predicted octanol–water partition coefficient (Wildman–Crippen LogP) is 4.41. The van der Waals surface area contributed by atoms with Crippen LogP contribution in [0.4, 0.5) is 17.6 Å². The fraction of sp³-hybridized carbons (Fsp3) is 0.633. The molecule has 1 aromatic carbocycles. The molecule has 10 nitrogen and oxygen atoms in total. The van der Waals surface area contributed by atoms with E-state index in [2.05, 4.69) is 9.47 Å². The van der Waals surface area contributed by atoms with Crippen LogP contribution in [0, 0.1) is 17.3 Å². The number of carbonyl (C=O) groups is 4. The number of halogens is 4. The monoisotopic (exact) mass is 624 g/mol. The van der Waals surface area contributed by atoms with Crippen molar-refractivity contribution in [2.24, 2.45) is 22.4 Å². The molecule has 240 valence electrons. The van der Waals surface area contributed by atoms with Gasteiger partial charge in [-0.1, -0.05) is 26.7 Å². The highest BCUT2D eigenvalue weighted by Gasteiger charge is 2.44. The van der Waals surface area contributed by atoms with Gasteiger partial charge in [0.15, 0.2) is 11.5 Å². The van der Waals surface area contributed by atoms with Crippen LogP contribution in [0.2, 0.25) is 0 Å². The first-order valence-electron chi connectivity index (χ1n) is 14.9. The zero-order valence-electron chi connectivity index (χ0n) is 24.6. The predicted molar refractivity (Wildman–Crippen MR) is 148 cm³/mol. The van der Waals surface area contributed by atoms with Crippen molar-refractivity contribution in [1.82, 2.24) is 14.8 Å². The van der Waals surface area contributed by atoms with Gasteiger partial charge in [-0.05, 0) is 49.3 Å². The molecule has 0 spiro atoms. The Morgan fingerprint density at radius 2 is 1.50 bits per heavy atom. The molecule has 1 aromatic rings. The maximum absolute atomic E-state index is 13.7. The van der Waals surface area contributed by atoms with Gasteiger partial charge < -0.3 is 14.4 Å². The van der Waals surface area contributed by atoms with E-state index in [1.54, 1.807) is 4.90 Å². The van der Waals surface area contributed by atoms with Crippen LogP contribution in [0.5, 0.6) is 11.5 Å². The summed E-state index contributed by atoms with van der Waals surface area (Å²) < 4.78 is 60.8. The van der Waals surface area contributed by atoms with Crippen LogP contribution in [0.3, 0.4) is 0 Å². The van der Waals surface area contributed by atoms with Crippen molar-refractivity contribution in [3.63, 3.8) is 0 Å². The van der Waals surface area contributed by atoms with Crippen LogP contribution in [0.15, 0.2) is 23.3 Å². The van der Waals surface area contributed by atoms with Gasteiger partial charge in [0.05, 0.1) is 11.8 Å². The Morgan fingerprint density at radius 3 is 2.11 bits per heavy atom. The van der Waals surface area contributed by atoms with Crippen LogP contribution in [0.1, 0.15) is 70.8 Å². The third-order valence-corrected chi connectivity index (χ3v) is 8.87. The van der Waals surface area contributed by atoms with Crippen LogP contribution >= 0.6 is 0 Å². The first-order chi connectivity index (χ1) is 20.8. The molecule has 0 unspecified atom stereocenters. The van der Waals surface area contributed by atoms with Gasteiger partial charge >= 0.3 is 13.2 Å². The number of hydrazone groups is 1. The molecule has 0 N–H and O–H groups in total. The SMILES string of the molecule is CC1(C)CC(=O)N(CC(=O)N2CCC(N3N=C(c4ccc(OC(F)F)c(OC(F)F)c4)[C@H]4CCCC[C@H]4C3=O)CC2)C(=O)C1. The second-order valence-electron chi connectivity index (χ2n) is 12.6. The Hall–Kier alpha value is -3.71. The fourth-order valence-corrected chi connectivity index (χ4v) is 6.73. The number of imide groups is 1. The molecule has 3 fully saturated rings. The Balaban J connectivity index is 1.33. The van der Waals surface area contributed by atoms with Gasteiger partial charge in [0.25, 0.3) is 0 Å². The van der Waals surface area contributed by atoms with Crippen LogP contribution in [-0.2, 0) is 19.2 Å². The van der Waals surface area contributed by atoms with E-state index in [1.807, 2.05) is 13.8 Å². The molecule has 0 bridgehead atoms.